The number of aromatic nitrogens is 5. The van der Waals surface area contributed by atoms with Crippen molar-refractivity contribution in [3.05, 3.63) is 72.9 Å². The van der Waals surface area contributed by atoms with Gasteiger partial charge in [-0.3, -0.25) is 24.2 Å². The summed E-state index contributed by atoms with van der Waals surface area (Å²) < 4.78 is 17.7. The van der Waals surface area contributed by atoms with E-state index >= 15 is 0 Å². The number of nitrogens with zero attached hydrogens (tertiary/aromatic N) is 5. The lowest BCUT2D eigenvalue weighted by Gasteiger charge is -2.10. The van der Waals surface area contributed by atoms with E-state index in [4.69, 9.17) is 24.1 Å². The first-order valence-corrected chi connectivity index (χ1v) is 11.5. The summed E-state index contributed by atoms with van der Waals surface area (Å²) in [4.78, 5) is 34.5. The highest BCUT2D eigenvalue weighted by Crippen LogP contribution is 2.29. The SMILES string of the molecule is COCCOCCn1cc(NC(=O)c2ccc(OC)c(-c3ccncc3)n2)c(-c2ccccn2)n1.O=CO. The fraction of sp³-hybridized carbons (Fsp3) is 0.231. The standard InChI is InChI=1S/C25H26N6O4.CH2O2/c1-33-15-16-35-14-13-31-17-21(24(30-31)19-5-3-4-10-27-19)29-25(32)20-6-7-22(34-2)23(28-20)18-8-11-26-12-9-18;2-1-3/h3-12,17H,13-16H2,1-2H3,(H,29,32);1H,(H,2,3). The van der Waals surface area contributed by atoms with Gasteiger partial charge in [-0.05, 0) is 36.4 Å². The summed E-state index contributed by atoms with van der Waals surface area (Å²) in [6.07, 6.45) is 6.76. The second kappa shape index (κ2) is 14.8. The number of pyridine rings is 3. The molecule has 4 rings (SSSR count). The molecule has 12 heteroatoms. The van der Waals surface area contributed by atoms with Crippen molar-refractivity contribution in [3.8, 4) is 28.4 Å². The maximum atomic E-state index is 13.2. The molecule has 0 unspecified atom stereocenters. The zero-order chi connectivity index (χ0) is 27.2. The van der Waals surface area contributed by atoms with Crippen molar-refractivity contribution in [1.29, 1.82) is 0 Å². The summed E-state index contributed by atoms with van der Waals surface area (Å²) in [5, 5.41) is 14.4. The van der Waals surface area contributed by atoms with Gasteiger partial charge in [0.1, 0.15) is 22.8 Å². The van der Waals surface area contributed by atoms with Crippen molar-refractivity contribution in [3.63, 3.8) is 0 Å². The van der Waals surface area contributed by atoms with E-state index in [-0.39, 0.29) is 18.1 Å². The van der Waals surface area contributed by atoms with Crippen molar-refractivity contribution in [2.24, 2.45) is 0 Å². The smallest absolute Gasteiger partial charge is 0.290 e. The molecule has 0 saturated carbocycles. The quantitative estimate of drug-likeness (QED) is 0.223. The molecule has 0 atom stereocenters. The van der Waals surface area contributed by atoms with Gasteiger partial charge in [0, 0.05) is 37.5 Å². The largest absolute Gasteiger partial charge is 0.494 e. The molecule has 0 aliphatic rings. The topological polar surface area (TPSA) is 151 Å². The second-order valence-electron chi connectivity index (χ2n) is 7.52. The molecular weight excluding hydrogens is 492 g/mol. The minimum atomic E-state index is -0.379. The van der Waals surface area contributed by atoms with Gasteiger partial charge in [-0.1, -0.05) is 6.07 Å². The van der Waals surface area contributed by atoms with Gasteiger partial charge in [-0.2, -0.15) is 5.10 Å². The van der Waals surface area contributed by atoms with Gasteiger partial charge >= 0.3 is 0 Å². The Hall–Kier alpha value is -4.68. The highest BCUT2D eigenvalue weighted by Gasteiger charge is 2.18. The Labute approximate surface area is 219 Å². The highest BCUT2D eigenvalue weighted by molar-refractivity contribution is 6.05. The van der Waals surface area contributed by atoms with Crippen LogP contribution in [0.2, 0.25) is 0 Å². The average Bonchev–Trinajstić information content (AvgIpc) is 3.36. The predicted octanol–water partition coefficient (Wildman–Crippen LogP) is 3.03. The van der Waals surface area contributed by atoms with E-state index in [1.54, 1.807) is 55.8 Å². The lowest BCUT2D eigenvalue weighted by Crippen LogP contribution is -2.14. The number of ether oxygens (including phenoxy) is 3. The zero-order valence-corrected chi connectivity index (χ0v) is 21.0. The Bertz CT molecular complexity index is 1300. The maximum absolute atomic E-state index is 13.2. The van der Waals surface area contributed by atoms with Crippen molar-refractivity contribution >= 4 is 18.1 Å². The molecule has 4 heterocycles. The van der Waals surface area contributed by atoms with Crippen molar-refractivity contribution in [2.75, 3.05) is 39.4 Å². The summed E-state index contributed by atoms with van der Waals surface area (Å²) in [5.74, 6) is 0.180. The predicted molar refractivity (Wildman–Crippen MR) is 139 cm³/mol. The molecule has 0 bridgehead atoms. The third-order valence-corrected chi connectivity index (χ3v) is 5.08. The number of rotatable bonds is 11. The number of methoxy groups -OCH3 is 2. The summed E-state index contributed by atoms with van der Waals surface area (Å²) >= 11 is 0. The van der Waals surface area contributed by atoms with Gasteiger partial charge in [0.25, 0.3) is 12.4 Å². The summed E-state index contributed by atoms with van der Waals surface area (Å²) in [5.41, 5.74) is 3.30. The molecule has 0 aliphatic heterocycles. The molecule has 4 aromatic rings. The molecule has 0 saturated heterocycles. The number of carboxylic acid groups (broad SMARTS) is 1. The molecule has 12 nitrogen and oxygen atoms in total. The number of anilines is 1. The van der Waals surface area contributed by atoms with Crippen LogP contribution in [0.3, 0.4) is 0 Å². The molecule has 0 aromatic carbocycles. The molecule has 0 fully saturated rings. The molecule has 198 valence electrons. The third kappa shape index (κ3) is 7.66. The van der Waals surface area contributed by atoms with E-state index in [0.29, 0.717) is 54.9 Å². The number of nitrogens with one attached hydrogen (secondary N) is 1. The summed E-state index contributed by atoms with van der Waals surface area (Å²) in [6.45, 7) is 1.73. The minimum Gasteiger partial charge on any atom is -0.494 e. The molecule has 38 heavy (non-hydrogen) atoms. The van der Waals surface area contributed by atoms with Crippen molar-refractivity contribution in [1.82, 2.24) is 24.7 Å². The Balaban J connectivity index is 0.00000127. The number of carbonyl (C=O) groups is 2. The Kier molecular flexibility index (Phi) is 10.8. The van der Waals surface area contributed by atoms with Gasteiger partial charge in [-0.25, -0.2) is 4.98 Å². The van der Waals surface area contributed by atoms with Crippen LogP contribution in [0.4, 0.5) is 5.69 Å². The maximum Gasteiger partial charge on any atom is 0.290 e. The van der Waals surface area contributed by atoms with Crippen LogP contribution in [0.1, 0.15) is 10.5 Å². The van der Waals surface area contributed by atoms with Crippen LogP contribution in [0, 0.1) is 0 Å². The lowest BCUT2D eigenvalue weighted by molar-refractivity contribution is -0.122. The van der Waals surface area contributed by atoms with Gasteiger partial charge in [0.15, 0.2) is 0 Å². The van der Waals surface area contributed by atoms with Crippen LogP contribution in [-0.4, -0.2) is 76.3 Å². The molecule has 1 amide bonds. The first-order chi connectivity index (χ1) is 18.6. The molecule has 0 spiro atoms. The summed E-state index contributed by atoms with van der Waals surface area (Å²) in [7, 11) is 3.19. The zero-order valence-electron chi connectivity index (χ0n) is 21.0. The van der Waals surface area contributed by atoms with E-state index in [9.17, 15) is 4.79 Å². The molecule has 0 aliphatic carbocycles. The number of carbonyl (C=O) groups excluding carboxylic acids is 1. The van der Waals surface area contributed by atoms with Crippen LogP contribution in [0.15, 0.2) is 67.3 Å². The highest BCUT2D eigenvalue weighted by atomic mass is 16.5. The average molecular weight is 521 g/mol. The van der Waals surface area contributed by atoms with Gasteiger partial charge < -0.3 is 24.6 Å². The first kappa shape index (κ1) is 27.9. The second-order valence-corrected chi connectivity index (χ2v) is 7.52. The molecule has 0 radical (unpaired) electrons. The van der Waals surface area contributed by atoms with Crippen LogP contribution in [0.5, 0.6) is 5.75 Å². The van der Waals surface area contributed by atoms with Gasteiger partial charge in [0.05, 0.1) is 44.9 Å². The number of hydrogen-bond donors (Lipinski definition) is 2. The molecule has 4 aromatic heterocycles. The van der Waals surface area contributed by atoms with E-state index in [1.807, 2.05) is 30.3 Å². The Morgan fingerprint density at radius 2 is 1.82 bits per heavy atom. The Morgan fingerprint density at radius 3 is 2.50 bits per heavy atom. The van der Waals surface area contributed by atoms with Crippen LogP contribution in [0.25, 0.3) is 22.6 Å². The summed E-state index contributed by atoms with van der Waals surface area (Å²) in [6, 6.07) is 12.5. The van der Waals surface area contributed by atoms with E-state index in [2.05, 4.69) is 25.4 Å². The minimum absolute atomic E-state index is 0.236. The Morgan fingerprint density at radius 1 is 1.03 bits per heavy atom. The molecule has 2 N–H and O–H groups in total. The lowest BCUT2D eigenvalue weighted by atomic mass is 10.1. The monoisotopic (exact) mass is 520 g/mol. The number of amides is 1. The van der Waals surface area contributed by atoms with Gasteiger partial charge in [0.2, 0.25) is 0 Å². The number of hydrogen-bond acceptors (Lipinski definition) is 9. The van der Waals surface area contributed by atoms with Crippen molar-refractivity contribution in [2.45, 2.75) is 6.54 Å². The van der Waals surface area contributed by atoms with Crippen LogP contribution >= 0.6 is 0 Å². The van der Waals surface area contributed by atoms with E-state index < -0.39 is 0 Å². The van der Waals surface area contributed by atoms with Crippen LogP contribution < -0.4 is 10.1 Å². The van der Waals surface area contributed by atoms with Gasteiger partial charge in [-0.15, -0.1) is 0 Å². The van der Waals surface area contributed by atoms with E-state index in [0.717, 1.165) is 5.56 Å². The normalized spacial score (nSPS) is 10.3. The fourth-order valence-corrected chi connectivity index (χ4v) is 3.36. The van der Waals surface area contributed by atoms with Crippen molar-refractivity contribution < 1.29 is 28.9 Å². The molecular formula is C26H28N6O6. The van der Waals surface area contributed by atoms with Crippen LogP contribution in [-0.2, 0) is 20.8 Å². The third-order valence-electron chi connectivity index (χ3n) is 5.08. The fourth-order valence-electron chi connectivity index (χ4n) is 3.36. The first-order valence-electron chi connectivity index (χ1n) is 11.5. The van der Waals surface area contributed by atoms with E-state index in [1.165, 1.54) is 0 Å².